The molecule has 0 atom stereocenters. The topological polar surface area (TPSA) is 105 Å². The molecule has 0 saturated heterocycles. The lowest BCUT2D eigenvalue weighted by molar-refractivity contribution is -0.120. The predicted octanol–water partition coefficient (Wildman–Crippen LogP) is 6.09. The van der Waals surface area contributed by atoms with Crippen LogP contribution < -0.4 is 15.5 Å². The first kappa shape index (κ1) is 27.1. The van der Waals surface area contributed by atoms with Crippen LogP contribution in [0.15, 0.2) is 88.0 Å². The second kappa shape index (κ2) is 12.1. The van der Waals surface area contributed by atoms with Gasteiger partial charge in [0.25, 0.3) is 17.7 Å². The Hall–Kier alpha value is -3.95. The fourth-order valence-electron chi connectivity index (χ4n) is 3.60. The zero-order chi connectivity index (χ0) is 27.2. The average Bonchev–Trinajstić information content (AvgIpc) is 3.13. The number of benzene rings is 3. The van der Waals surface area contributed by atoms with Gasteiger partial charge in [-0.2, -0.15) is 0 Å². The van der Waals surface area contributed by atoms with E-state index in [-0.39, 0.29) is 22.3 Å². The van der Waals surface area contributed by atoms with Crippen molar-refractivity contribution in [3.8, 4) is 0 Å². The zero-order valence-electron chi connectivity index (χ0n) is 20.3. The molecule has 0 radical (unpaired) electrons. The van der Waals surface area contributed by atoms with Crippen molar-refractivity contribution in [2.75, 3.05) is 22.1 Å². The van der Waals surface area contributed by atoms with E-state index in [0.717, 1.165) is 22.2 Å². The molecule has 0 bridgehead atoms. The van der Waals surface area contributed by atoms with E-state index in [1.807, 2.05) is 19.1 Å². The molecule has 3 aromatic rings. The Kier molecular flexibility index (Phi) is 8.60. The molecule has 0 aromatic heterocycles. The maximum Gasteiger partial charge on any atom is 0.338 e. The number of amides is 3. The second-order valence-corrected chi connectivity index (χ2v) is 9.63. The molecule has 0 aliphatic carbocycles. The number of rotatable bonds is 9. The molecule has 2 N–H and O–H groups in total. The Morgan fingerprint density at radius 1 is 0.921 bits per heavy atom. The van der Waals surface area contributed by atoms with Crippen LogP contribution in [-0.4, -0.2) is 30.3 Å². The second-order valence-electron chi connectivity index (χ2n) is 8.34. The number of halogens is 2. The van der Waals surface area contributed by atoms with Crippen LogP contribution in [0.25, 0.3) is 0 Å². The van der Waals surface area contributed by atoms with Crippen LogP contribution in [0.1, 0.15) is 40.5 Å². The van der Waals surface area contributed by atoms with Gasteiger partial charge in [0.05, 0.1) is 17.9 Å². The molecule has 4 rings (SSSR count). The highest BCUT2D eigenvalue weighted by Gasteiger charge is 2.39. The smallest absolute Gasteiger partial charge is 0.338 e. The fourth-order valence-corrected chi connectivity index (χ4v) is 4.08. The van der Waals surface area contributed by atoms with Crippen LogP contribution in [0.2, 0.25) is 0 Å². The maximum absolute atomic E-state index is 13.1. The normalized spacial score (nSPS) is 13.1. The van der Waals surface area contributed by atoms with E-state index >= 15 is 0 Å². The Bertz CT molecular complexity index is 1420. The summed E-state index contributed by atoms with van der Waals surface area (Å²) in [5.41, 5.74) is 1.79. The number of anilines is 3. The van der Waals surface area contributed by atoms with Crippen molar-refractivity contribution in [3.05, 3.63) is 99.1 Å². The Balaban J connectivity index is 1.46. The highest BCUT2D eigenvalue weighted by molar-refractivity contribution is 9.10. The minimum atomic E-state index is -0.707. The van der Waals surface area contributed by atoms with E-state index in [4.69, 9.17) is 16.3 Å². The van der Waals surface area contributed by atoms with E-state index in [0.29, 0.717) is 29.1 Å². The molecular formula is C28H23BrClN3O5. The van der Waals surface area contributed by atoms with Gasteiger partial charge in [0.2, 0.25) is 0 Å². The molecule has 3 amide bonds. The summed E-state index contributed by atoms with van der Waals surface area (Å²) in [4.78, 5) is 51.7. The van der Waals surface area contributed by atoms with Gasteiger partial charge in [-0.15, -0.1) is 0 Å². The minimum Gasteiger partial charge on any atom is -0.462 e. The molecule has 1 heterocycles. The first-order valence-electron chi connectivity index (χ1n) is 11.8. The molecule has 38 heavy (non-hydrogen) atoms. The molecule has 194 valence electrons. The Labute approximate surface area is 232 Å². The van der Waals surface area contributed by atoms with Gasteiger partial charge in [-0.25, -0.2) is 9.69 Å². The van der Waals surface area contributed by atoms with Crippen LogP contribution >= 0.6 is 27.5 Å². The number of esters is 1. The lowest BCUT2D eigenvalue weighted by atomic mass is 10.1. The lowest BCUT2D eigenvalue weighted by Gasteiger charge is -2.15. The minimum absolute atomic E-state index is 0.120. The predicted molar refractivity (Wildman–Crippen MR) is 149 cm³/mol. The first-order valence-corrected chi connectivity index (χ1v) is 13.0. The summed E-state index contributed by atoms with van der Waals surface area (Å²) in [6.07, 6.45) is 1.67. The Morgan fingerprint density at radius 3 is 2.32 bits per heavy atom. The number of unbranched alkanes of at least 4 members (excludes halogenated alkanes) is 1. The van der Waals surface area contributed by atoms with Crippen molar-refractivity contribution in [2.45, 2.75) is 19.8 Å². The summed E-state index contributed by atoms with van der Waals surface area (Å²) >= 11 is 9.59. The molecule has 0 unspecified atom stereocenters. The van der Waals surface area contributed by atoms with Gasteiger partial charge in [-0.1, -0.05) is 46.9 Å². The summed E-state index contributed by atoms with van der Waals surface area (Å²) in [6.45, 7) is 2.32. The van der Waals surface area contributed by atoms with Crippen LogP contribution in [0.5, 0.6) is 0 Å². The average molecular weight is 597 g/mol. The molecular weight excluding hydrogens is 574 g/mol. The lowest BCUT2D eigenvalue weighted by Crippen LogP contribution is -2.32. The van der Waals surface area contributed by atoms with Gasteiger partial charge in [0.15, 0.2) is 0 Å². The number of nitrogens with one attached hydrogen (secondary N) is 2. The molecule has 8 nitrogen and oxygen atoms in total. The highest BCUT2D eigenvalue weighted by Crippen LogP contribution is 2.30. The number of carbonyl (C=O) groups is 4. The highest BCUT2D eigenvalue weighted by atomic mass is 79.9. The van der Waals surface area contributed by atoms with Gasteiger partial charge in [-0.3, -0.25) is 14.4 Å². The first-order chi connectivity index (χ1) is 18.3. The third-order valence-corrected chi connectivity index (χ3v) is 6.50. The summed E-state index contributed by atoms with van der Waals surface area (Å²) < 4.78 is 6.07. The number of nitrogens with zero attached hydrogens (tertiary/aromatic N) is 1. The van der Waals surface area contributed by atoms with E-state index in [9.17, 15) is 19.2 Å². The van der Waals surface area contributed by atoms with E-state index < -0.39 is 17.8 Å². The monoisotopic (exact) mass is 595 g/mol. The summed E-state index contributed by atoms with van der Waals surface area (Å²) in [6, 6.07) is 19.5. The maximum atomic E-state index is 13.1. The number of hydrogen-bond acceptors (Lipinski definition) is 6. The molecule has 10 heteroatoms. The van der Waals surface area contributed by atoms with Crippen molar-refractivity contribution in [1.82, 2.24) is 0 Å². The van der Waals surface area contributed by atoms with Crippen LogP contribution in [-0.2, 0) is 14.3 Å². The Morgan fingerprint density at radius 2 is 1.63 bits per heavy atom. The summed E-state index contributed by atoms with van der Waals surface area (Å²) in [7, 11) is 0. The van der Waals surface area contributed by atoms with Gasteiger partial charge in [-0.05, 0) is 73.2 Å². The van der Waals surface area contributed by atoms with Crippen LogP contribution in [0.4, 0.5) is 17.1 Å². The van der Waals surface area contributed by atoms with E-state index in [1.54, 1.807) is 36.4 Å². The van der Waals surface area contributed by atoms with Crippen molar-refractivity contribution in [2.24, 2.45) is 0 Å². The van der Waals surface area contributed by atoms with E-state index in [2.05, 4.69) is 26.6 Å². The molecule has 0 saturated carbocycles. The quantitative estimate of drug-likeness (QED) is 0.176. The van der Waals surface area contributed by atoms with Crippen molar-refractivity contribution in [1.29, 1.82) is 0 Å². The van der Waals surface area contributed by atoms with Crippen molar-refractivity contribution < 1.29 is 23.9 Å². The van der Waals surface area contributed by atoms with Gasteiger partial charge >= 0.3 is 5.97 Å². The van der Waals surface area contributed by atoms with Crippen molar-refractivity contribution in [3.63, 3.8) is 0 Å². The molecule has 0 spiro atoms. The third-order valence-electron chi connectivity index (χ3n) is 5.62. The molecule has 1 aliphatic heterocycles. The molecule has 3 aromatic carbocycles. The van der Waals surface area contributed by atoms with Crippen LogP contribution in [0, 0.1) is 0 Å². The fraction of sp³-hybridized carbons (Fsp3) is 0.143. The van der Waals surface area contributed by atoms with Gasteiger partial charge in [0, 0.05) is 21.4 Å². The number of imide groups is 1. The number of hydrogen-bond donors (Lipinski definition) is 2. The third kappa shape index (κ3) is 6.12. The largest absolute Gasteiger partial charge is 0.462 e. The SMILES string of the molecule is CCCCOC(=O)c1ccc(N2C(=O)C(Cl)=C(Nc3cccc(C(=O)Nc4ccc(Br)cc4)c3)C2=O)cc1. The van der Waals surface area contributed by atoms with Crippen LogP contribution in [0.3, 0.4) is 0 Å². The van der Waals surface area contributed by atoms with Gasteiger partial charge in [0.1, 0.15) is 10.7 Å². The number of ether oxygens (including phenoxy) is 1. The molecule has 0 fully saturated rings. The van der Waals surface area contributed by atoms with E-state index in [1.165, 1.54) is 24.3 Å². The van der Waals surface area contributed by atoms with Gasteiger partial charge < -0.3 is 15.4 Å². The summed E-state index contributed by atoms with van der Waals surface area (Å²) in [5.74, 6) is -2.20. The standard InChI is InChI=1S/C28H23BrClN3O5/c1-2-3-15-38-28(37)17-7-13-22(14-8-17)33-26(35)23(30)24(27(33)36)31-21-6-4-5-18(16-21)25(34)32-20-11-9-19(29)10-12-20/h4-14,16,31H,2-3,15H2,1H3,(H,32,34). The number of carbonyl (C=O) groups excluding carboxylic acids is 4. The summed E-state index contributed by atoms with van der Waals surface area (Å²) in [5, 5.41) is 5.38. The molecule has 1 aliphatic rings. The zero-order valence-corrected chi connectivity index (χ0v) is 22.6. The van der Waals surface area contributed by atoms with Crippen molar-refractivity contribution >= 4 is 68.3 Å².